The molecule has 4 heteroatoms. The highest BCUT2D eigenvalue weighted by Crippen LogP contribution is 2.32. The number of primary amides is 1. The van der Waals surface area contributed by atoms with E-state index in [-0.39, 0.29) is 0 Å². The second kappa shape index (κ2) is 3.73. The Morgan fingerprint density at radius 1 is 1.53 bits per heavy atom. The molecule has 0 bridgehead atoms. The van der Waals surface area contributed by atoms with Crippen molar-refractivity contribution in [3.63, 3.8) is 0 Å². The molecule has 1 atom stereocenters. The van der Waals surface area contributed by atoms with Gasteiger partial charge >= 0.3 is 0 Å². The first-order valence-corrected chi connectivity index (χ1v) is 4.80. The first-order chi connectivity index (χ1) is 7.26. The van der Waals surface area contributed by atoms with Gasteiger partial charge in [-0.05, 0) is 24.6 Å². The molecule has 1 unspecified atom stereocenters. The number of hydrogen-bond donors (Lipinski definition) is 1. The lowest BCUT2D eigenvalue weighted by Crippen LogP contribution is -2.44. The maximum absolute atomic E-state index is 11.5. The zero-order chi connectivity index (χ0) is 10.7. The highest BCUT2D eigenvalue weighted by atomic mass is 16.5. The normalized spacial score (nSPS) is 24.5. The van der Waals surface area contributed by atoms with Crippen molar-refractivity contribution in [2.45, 2.75) is 18.4 Å². The second-order valence-corrected chi connectivity index (χ2v) is 3.43. The van der Waals surface area contributed by atoms with Crippen LogP contribution in [0.1, 0.15) is 18.5 Å². The third-order valence-electron chi connectivity index (χ3n) is 2.51. The van der Waals surface area contributed by atoms with Crippen molar-refractivity contribution in [1.29, 1.82) is 0 Å². The molecule has 2 rings (SSSR count). The summed E-state index contributed by atoms with van der Waals surface area (Å²) in [5, 5.41) is 0. The van der Waals surface area contributed by atoms with Crippen LogP contribution >= 0.6 is 0 Å². The number of pyridine rings is 1. The molecule has 1 aliphatic rings. The summed E-state index contributed by atoms with van der Waals surface area (Å²) >= 11 is 0. The predicted molar refractivity (Wildman–Crippen MR) is 54.6 cm³/mol. The van der Waals surface area contributed by atoms with Gasteiger partial charge in [-0.2, -0.15) is 0 Å². The number of amides is 1. The minimum Gasteiger partial charge on any atom is -0.479 e. The number of nitrogens with two attached hydrogens (primary N) is 1. The Bertz CT molecular complexity index is 389. The van der Waals surface area contributed by atoms with Crippen molar-refractivity contribution in [3.05, 3.63) is 42.4 Å². The molecule has 1 aliphatic heterocycles. The maximum Gasteiger partial charge on any atom is 0.267 e. The Balaban J connectivity index is 2.44. The van der Waals surface area contributed by atoms with E-state index in [0.29, 0.717) is 12.1 Å². The van der Waals surface area contributed by atoms with Gasteiger partial charge in [0.25, 0.3) is 5.91 Å². The fourth-order valence-electron chi connectivity index (χ4n) is 1.68. The monoisotopic (exact) mass is 204 g/mol. The van der Waals surface area contributed by atoms with E-state index in [4.69, 9.17) is 10.5 Å². The molecule has 0 radical (unpaired) electrons. The van der Waals surface area contributed by atoms with Crippen LogP contribution in [0.25, 0.3) is 0 Å². The number of rotatable bonds is 2. The van der Waals surface area contributed by atoms with Crippen LogP contribution in [0.3, 0.4) is 0 Å². The molecule has 0 saturated heterocycles. The number of aromatic nitrogens is 1. The van der Waals surface area contributed by atoms with Gasteiger partial charge in [-0.3, -0.25) is 9.78 Å². The first-order valence-electron chi connectivity index (χ1n) is 4.80. The summed E-state index contributed by atoms with van der Waals surface area (Å²) in [5.41, 5.74) is 4.88. The molecular weight excluding hydrogens is 192 g/mol. The van der Waals surface area contributed by atoms with Gasteiger partial charge in [0, 0.05) is 12.6 Å². The molecule has 2 heterocycles. The number of carbonyl (C=O) groups is 1. The molecular formula is C11H12N2O2. The zero-order valence-electron chi connectivity index (χ0n) is 8.22. The molecule has 78 valence electrons. The van der Waals surface area contributed by atoms with Crippen molar-refractivity contribution >= 4 is 5.91 Å². The Hall–Kier alpha value is -1.84. The summed E-state index contributed by atoms with van der Waals surface area (Å²) < 4.78 is 5.40. The number of carbonyl (C=O) groups excluding carboxylic acids is 1. The number of hydrogen-bond acceptors (Lipinski definition) is 3. The quantitative estimate of drug-likeness (QED) is 0.784. The molecule has 15 heavy (non-hydrogen) atoms. The Kier molecular flexibility index (Phi) is 2.41. The molecule has 0 saturated carbocycles. The van der Waals surface area contributed by atoms with E-state index in [1.807, 2.05) is 12.1 Å². The number of ether oxygens (including phenoxy) is 1. The van der Waals surface area contributed by atoms with Gasteiger partial charge in [-0.15, -0.1) is 0 Å². The topological polar surface area (TPSA) is 65.2 Å². The predicted octanol–water partition coefficient (Wildman–Crippen LogP) is 1.09. The van der Waals surface area contributed by atoms with Gasteiger partial charge in [0.05, 0.1) is 12.0 Å². The van der Waals surface area contributed by atoms with Gasteiger partial charge in [0.2, 0.25) is 5.60 Å². The fraction of sp³-hybridized carbons (Fsp3) is 0.273. The number of allylic oxidation sites excluding steroid dienone is 1. The fourth-order valence-corrected chi connectivity index (χ4v) is 1.68. The minimum absolute atomic E-state index is 0.495. The smallest absolute Gasteiger partial charge is 0.267 e. The summed E-state index contributed by atoms with van der Waals surface area (Å²) in [4.78, 5) is 15.6. The number of nitrogens with zero attached hydrogens (tertiary/aromatic N) is 1. The highest BCUT2D eigenvalue weighted by molar-refractivity contribution is 5.84. The van der Waals surface area contributed by atoms with Crippen molar-refractivity contribution in [3.8, 4) is 0 Å². The van der Waals surface area contributed by atoms with Crippen molar-refractivity contribution < 1.29 is 9.53 Å². The summed E-state index contributed by atoms with van der Waals surface area (Å²) in [6.07, 6.45) is 6.31. The molecule has 1 aromatic heterocycles. The first kappa shape index (κ1) is 9.71. The average Bonchev–Trinajstić information content (AvgIpc) is 2.31. The van der Waals surface area contributed by atoms with Gasteiger partial charge in [0.1, 0.15) is 0 Å². The van der Waals surface area contributed by atoms with Crippen LogP contribution < -0.4 is 5.73 Å². The average molecular weight is 204 g/mol. The van der Waals surface area contributed by atoms with Crippen LogP contribution in [0.5, 0.6) is 0 Å². The van der Waals surface area contributed by atoms with Gasteiger partial charge in [-0.25, -0.2) is 0 Å². The third kappa shape index (κ3) is 1.58. The SMILES string of the molecule is NC(=O)C1(c2ccccn2)CCC=CO1. The second-order valence-electron chi connectivity index (χ2n) is 3.43. The summed E-state index contributed by atoms with van der Waals surface area (Å²) in [7, 11) is 0. The largest absolute Gasteiger partial charge is 0.479 e. The Morgan fingerprint density at radius 2 is 2.40 bits per heavy atom. The van der Waals surface area contributed by atoms with E-state index < -0.39 is 11.5 Å². The molecule has 0 fully saturated rings. The van der Waals surface area contributed by atoms with Crippen LogP contribution in [-0.2, 0) is 15.1 Å². The van der Waals surface area contributed by atoms with Crippen molar-refractivity contribution in [1.82, 2.24) is 4.98 Å². The van der Waals surface area contributed by atoms with Crippen molar-refractivity contribution in [2.24, 2.45) is 5.73 Å². The summed E-state index contributed by atoms with van der Waals surface area (Å²) in [5.74, 6) is -0.495. The van der Waals surface area contributed by atoms with E-state index in [9.17, 15) is 4.79 Å². The molecule has 1 amide bonds. The highest BCUT2D eigenvalue weighted by Gasteiger charge is 2.42. The van der Waals surface area contributed by atoms with Gasteiger partial charge < -0.3 is 10.5 Å². The lowest BCUT2D eigenvalue weighted by molar-refractivity contribution is -0.140. The lowest BCUT2D eigenvalue weighted by Gasteiger charge is -2.31. The molecule has 0 aromatic carbocycles. The summed E-state index contributed by atoms with van der Waals surface area (Å²) in [6, 6.07) is 5.36. The Morgan fingerprint density at radius 3 is 2.93 bits per heavy atom. The molecule has 2 N–H and O–H groups in total. The van der Waals surface area contributed by atoms with E-state index in [2.05, 4.69) is 4.98 Å². The van der Waals surface area contributed by atoms with E-state index in [0.717, 1.165) is 6.42 Å². The standard InChI is InChI=1S/C11H12N2O2/c12-10(14)11(6-2-4-8-15-11)9-5-1-3-7-13-9/h1,3-5,7-8H,2,6H2,(H2,12,14). The molecule has 1 aromatic rings. The molecule has 0 aliphatic carbocycles. The van der Waals surface area contributed by atoms with E-state index in [1.54, 1.807) is 18.3 Å². The van der Waals surface area contributed by atoms with Crippen molar-refractivity contribution in [2.75, 3.05) is 0 Å². The van der Waals surface area contributed by atoms with Crippen LogP contribution in [-0.4, -0.2) is 10.9 Å². The van der Waals surface area contributed by atoms with Gasteiger partial charge in [0.15, 0.2) is 0 Å². The maximum atomic E-state index is 11.5. The van der Waals surface area contributed by atoms with Crippen LogP contribution in [0.2, 0.25) is 0 Å². The van der Waals surface area contributed by atoms with Crippen LogP contribution in [0.15, 0.2) is 36.7 Å². The van der Waals surface area contributed by atoms with Crippen LogP contribution in [0.4, 0.5) is 0 Å². The van der Waals surface area contributed by atoms with Gasteiger partial charge in [-0.1, -0.05) is 6.07 Å². The zero-order valence-corrected chi connectivity index (χ0v) is 8.22. The van der Waals surface area contributed by atoms with E-state index >= 15 is 0 Å². The minimum atomic E-state index is -1.09. The molecule has 4 nitrogen and oxygen atoms in total. The summed E-state index contributed by atoms with van der Waals surface area (Å²) in [6.45, 7) is 0. The molecule has 0 spiro atoms. The third-order valence-corrected chi connectivity index (χ3v) is 2.51. The van der Waals surface area contributed by atoms with Crippen LogP contribution in [0, 0.1) is 0 Å². The lowest BCUT2D eigenvalue weighted by atomic mass is 9.91. The Labute approximate surface area is 87.8 Å². The van der Waals surface area contributed by atoms with E-state index in [1.165, 1.54) is 6.26 Å².